The fourth-order valence-electron chi connectivity index (χ4n) is 2.56. The molecule has 0 saturated heterocycles. The number of para-hydroxylation sites is 1. The Kier molecular flexibility index (Phi) is 4.22. The molecule has 2 amide bonds. The highest BCUT2D eigenvalue weighted by molar-refractivity contribution is 5.83. The van der Waals surface area contributed by atoms with E-state index in [1.165, 1.54) is 15.6 Å². The zero-order valence-corrected chi connectivity index (χ0v) is 13.1. The summed E-state index contributed by atoms with van der Waals surface area (Å²) in [4.78, 5) is 15.2. The summed E-state index contributed by atoms with van der Waals surface area (Å²) in [6, 6.07) is 7.62. The van der Waals surface area contributed by atoms with E-state index >= 15 is 0 Å². The van der Waals surface area contributed by atoms with Gasteiger partial charge in [-0.1, -0.05) is 18.2 Å². The molecule has 23 heavy (non-hydrogen) atoms. The molecule has 3 N–H and O–H groups in total. The zero-order chi connectivity index (χ0) is 16.2. The van der Waals surface area contributed by atoms with Crippen molar-refractivity contribution in [2.45, 2.75) is 19.4 Å². The van der Waals surface area contributed by atoms with Gasteiger partial charge < -0.3 is 15.6 Å². The van der Waals surface area contributed by atoms with Gasteiger partial charge in [0.25, 0.3) is 0 Å². The third-order valence-corrected chi connectivity index (χ3v) is 3.74. The summed E-state index contributed by atoms with van der Waals surface area (Å²) < 4.78 is 1.54. The number of aromatic nitrogens is 5. The Bertz CT molecular complexity index is 807. The van der Waals surface area contributed by atoms with Crippen LogP contribution < -0.4 is 10.6 Å². The van der Waals surface area contributed by atoms with Crippen LogP contribution in [-0.4, -0.2) is 37.8 Å². The van der Waals surface area contributed by atoms with Crippen molar-refractivity contribution in [3.63, 3.8) is 0 Å². The van der Waals surface area contributed by atoms with Gasteiger partial charge in [-0.3, -0.25) is 0 Å². The molecule has 120 valence electrons. The number of fused-ring (bicyclic) bond motifs is 1. The molecule has 3 rings (SSSR count). The number of carbonyl (C=O) groups is 1. The average Bonchev–Trinajstić information content (AvgIpc) is 3.14. The summed E-state index contributed by atoms with van der Waals surface area (Å²) in [5.74, 6) is 0.608. The number of hydrogen-bond donors (Lipinski definition) is 3. The van der Waals surface area contributed by atoms with Crippen molar-refractivity contribution in [1.29, 1.82) is 0 Å². The molecule has 3 aromatic rings. The van der Waals surface area contributed by atoms with Crippen LogP contribution in [0.4, 0.5) is 4.79 Å². The normalized spacial score (nSPS) is 12.3. The van der Waals surface area contributed by atoms with Gasteiger partial charge in [-0.25, -0.2) is 9.48 Å². The highest BCUT2D eigenvalue weighted by Gasteiger charge is 2.14. The Morgan fingerprint density at radius 3 is 3.00 bits per heavy atom. The standard InChI is InChI=1S/C15H19N7O/c1-10(14-19-20-21-22(14)2)18-15(23)16-8-7-11-9-17-13-6-4-3-5-12(11)13/h3-6,9-10,17H,7-8H2,1-2H3,(H2,16,18,23)/t10-/m0/s1. The Hall–Kier alpha value is -2.90. The van der Waals surface area contributed by atoms with Crippen molar-refractivity contribution in [2.24, 2.45) is 7.05 Å². The molecular formula is C15H19N7O. The molecule has 0 spiro atoms. The van der Waals surface area contributed by atoms with Gasteiger partial charge in [0.05, 0.1) is 6.04 Å². The van der Waals surface area contributed by atoms with Crippen LogP contribution in [-0.2, 0) is 13.5 Å². The minimum atomic E-state index is -0.261. The summed E-state index contributed by atoms with van der Waals surface area (Å²) in [5, 5.41) is 18.1. The number of nitrogens with zero attached hydrogens (tertiary/aromatic N) is 4. The topological polar surface area (TPSA) is 101 Å². The van der Waals surface area contributed by atoms with E-state index in [1.807, 2.05) is 31.3 Å². The monoisotopic (exact) mass is 313 g/mol. The second-order valence-corrected chi connectivity index (χ2v) is 5.39. The van der Waals surface area contributed by atoms with E-state index in [9.17, 15) is 4.79 Å². The smallest absolute Gasteiger partial charge is 0.315 e. The highest BCUT2D eigenvalue weighted by Crippen LogP contribution is 2.17. The molecule has 2 aromatic heterocycles. The number of aryl methyl sites for hydroxylation is 1. The average molecular weight is 313 g/mol. The zero-order valence-electron chi connectivity index (χ0n) is 13.1. The van der Waals surface area contributed by atoms with Gasteiger partial charge in [0.2, 0.25) is 0 Å². The minimum absolute atomic E-state index is 0.236. The lowest BCUT2D eigenvalue weighted by Gasteiger charge is -2.13. The van der Waals surface area contributed by atoms with Gasteiger partial charge in [0.1, 0.15) is 0 Å². The first-order valence-electron chi connectivity index (χ1n) is 7.47. The number of hydrogen-bond acceptors (Lipinski definition) is 4. The molecular weight excluding hydrogens is 294 g/mol. The minimum Gasteiger partial charge on any atom is -0.361 e. The Morgan fingerprint density at radius 2 is 2.22 bits per heavy atom. The van der Waals surface area contributed by atoms with Crippen LogP contribution >= 0.6 is 0 Å². The quantitative estimate of drug-likeness (QED) is 0.661. The van der Waals surface area contributed by atoms with Gasteiger partial charge in [-0.05, 0) is 35.4 Å². The van der Waals surface area contributed by atoms with Crippen LogP contribution in [0, 0.1) is 0 Å². The number of nitrogens with one attached hydrogen (secondary N) is 3. The van der Waals surface area contributed by atoms with E-state index in [0.29, 0.717) is 12.4 Å². The van der Waals surface area contributed by atoms with Gasteiger partial charge in [-0.2, -0.15) is 0 Å². The number of urea groups is 1. The molecule has 0 aliphatic carbocycles. The maximum absolute atomic E-state index is 11.9. The van der Waals surface area contributed by atoms with Crippen molar-refractivity contribution in [3.05, 3.63) is 41.9 Å². The molecule has 0 aliphatic heterocycles. The van der Waals surface area contributed by atoms with Crippen molar-refractivity contribution in [1.82, 2.24) is 35.8 Å². The molecule has 2 heterocycles. The largest absolute Gasteiger partial charge is 0.361 e. The molecule has 8 heteroatoms. The molecule has 0 saturated carbocycles. The number of H-pyrrole nitrogens is 1. The van der Waals surface area contributed by atoms with Crippen molar-refractivity contribution in [2.75, 3.05) is 6.54 Å². The van der Waals surface area contributed by atoms with Gasteiger partial charge >= 0.3 is 6.03 Å². The number of amides is 2. The van der Waals surface area contributed by atoms with E-state index in [0.717, 1.165) is 11.9 Å². The van der Waals surface area contributed by atoms with E-state index in [1.54, 1.807) is 7.05 Å². The number of rotatable bonds is 5. The van der Waals surface area contributed by atoms with Crippen LogP contribution in [0.5, 0.6) is 0 Å². The van der Waals surface area contributed by atoms with Crippen molar-refractivity contribution < 1.29 is 4.79 Å². The molecule has 0 fully saturated rings. The molecule has 1 aromatic carbocycles. The highest BCUT2D eigenvalue weighted by atomic mass is 16.2. The molecule has 0 radical (unpaired) electrons. The molecule has 0 aliphatic rings. The van der Waals surface area contributed by atoms with Gasteiger partial charge in [0, 0.05) is 30.7 Å². The summed E-state index contributed by atoms with van der Waals surface area (Å²) in [6.45, 7) is 2.39. The Balaban J connectivity index is 1.50. The lowest BCUT2D eigenvalue weighted by molar-refractivity contribution is 0.237. The van der Waals surface area contributed by atoms with Crippen LogP contribution in [0.2, 0.25) is 0 Å². The summed E-state index contributed by atoms with van der Waals surface area (Å²) in [6.07, 6.45) is 2.75. The molecule has 1 atom stereocenters. The first-order chi connectivity index (χ1) is 11.1. The SMILES string of the molecule is C[C@H](NC(=O)NCCc1c[nH]c2ccccc12)c1nnnn1C. The molecule has 8 nitrogen and oxygen atoms in total. The molecule has 0 unspecified atom stereocenters. The van der Waals surface area contributed by atoms with Gasteiger partial charge in [-0.15, -0.1) is 5.10 Å². The molecule has 0 bridgehead atoms. The van der Waals surface area contributed by atoms with E-state index in [-0.39, 0.29) is 12.1 Å². The maximum Gasteiger partial charge on any atom is 0.315 e. The van der Waals surface area contributed by atoms with Gasteiger partial charge in [0.15, 0.2) is 5.82 Å². The first kappa shape index (κ1) is 15.0. The summed E-state index contributed by atoms with van der Waals surface area (Å²) in [5.41, 5.74) is 2.29. The predicted octanol–water partition coefficient (Wildman–Crippen LogP) is 1.29. The third kappa shape index (κ3) is 3.31. The van der Waals surface area contributed by atoms with Crippen molar-refractivity contribution >= 4 is 16.9 Å². The van der Waals surface area contributed by atoms with Crippen LogP contribution in [0.15, 0.2) is 30.5 Å². The number of tetrazole rings is 1. The third-order valence-electron chi connectivity index (χ3n) is 3.74. The maximum atomic E-state index is 11.9. The number of benzene rings is 1. The fraction of sp³-hybridized carbons (Fsp3) is 0.333. The predicted molar refractivity (Wildman–Crippen MR) is 85.8 cm³/mol. The fourth-order valence-corrected chi connectivity index (χ4v) is 2.56. The number of carbonyl (C=O) groups excluding carboxylic acids is 1. The van der Waals surface area contributed by atoms with Crippen LogP contribution in [0.25, 0.3) is 10.9 Å². The van der Waals surface area contributed by atoms with E-state index in [2.05, 4.69) is 37.2 Å². The lowest BCUT2D eigenvalue weighted by atomic mass is 10.1. The summed E-state index contributed by atoms with van der Waals surface area (Å²) in [7, 11) is 1.74. The number of aromatic amines is 1. The van der Waals surface area contributed by atoms with Crippen LogP contribution in [0.1, 0.15) is 24.4 Å². The Labute approximate surface area is 133 Å². The van der Waals surface area contributed by atoms with Crippen LogP contribution in [0.3, 0.4) is 0 Å². The second-order valence-electron chi connectivity index (χ2n) is 5.39. The van der Waals surface area contributed by atoms with E-state index in [4.69, 9.17) is 0 Å². The first-order valence-corrected chi connectivity index (χ1v) is 7.47. The van der Waals surface area contributed by atoms with E-state index < -0.39 is 0 Å². The Morgan fingerprint density at radius 1 is 1.39 bits per heavy atom. The summed E-state index contributed by atoms with van der Waals surface area (Å²) >= 11 is 0. The van der Waals surface area contributed by atoms with Crippen molar-refractivity contribution in [3.8, 4) is 0 Å². The second kappa shape index (κ2) is 6.47. The lowest BCUT2D eigenvalue weighted by Crippen LogP contribution is -2.38.